The lowest BCUT2D eigenvalue weighted by Gasteiger charge is -2.23. The second-order valence-electron chi connectivity index (χ2n) is 8.67. The average Bonchev–Trinajstić information content (AvgIpc) is 3.33. The monoisotopic (exact) mass is 463 g/mol. The molecule has 1 unspecified atom stereocenters. The van der Waals surface area contributed by atoms with Gasteiger partial charge in [-0.1, -0.05) is 84.9 Å². The summed E-state index contributed by atoms with van der Waals surface area (Å²) in [5.74, 6) is -1.01. The Bertz CT molecular complexity index is 1410. The zero-order valence-corrected chi connectivity index (χ0v) is 19.4. The Morgan fingerprint density at radius 3 is 2.17 bits per heavy atom. The van der Waals surface area contributed by atoms with E-state index in [1.54, 1.807) is 24.4 Å². The summed E-state index contributed by atoms with van der Waals surface area (Å²) in [5, 5.41) is 3.20. The van der Waals surface area contributed by atoms with Gasteiger partial charge in [0.25, 0.3) is 0 Å². The first-order valence-corrected chi connectivity index (χ1v) is 11.7. The lowest BCUT2D eigenvalue weighted by atomic mass is 9.91. The summed E-state index contributed by atoms with van der Waals surface area (Å²) in [6.07, 6.45) is 3.74. The highest BCUT2D eigenvalue weighted by molar-refractivity contribution is 5.78. The number of imidazole rings is 1. The van der Waals surface area contributed by atoms with E-state index in [-0.39, 0.29) is 24.2 Å². The molecular weight excluding hydrogens is 437 g/mol. The van der Waals surface area contributed by atoms with Crippen molar-refractivity contribution < 1.29 is 9.18 Å². The van der Waals surface area contributed by atoms with Gasteiger partial charge in [0.2, 0.25) is 5.91 Å². The fraction of sp³-hybridized carbons (Fsp3) is 0.133. The van der Waals surface area contributed by atoms with Crippen LogP contribution in [0.2, 0.25) is 0 Å². The summed E-state index contributed by atoms with van der Waals surface area (Å²) >= 11 is 0. The molecule has 0 aliphatic rings. The number of carbonyl (C=O) groups excluding carboxylic acids is 1. The Balaban J connectivity index is 1.51. The van der Waals surface area contributed by atoms with E-state index in [9.17, 15) is 9.18 Å². The molecule has 0 aliphatic carbocycles. The molecule has 4 nitrogen and oxygen atoms in total. The van der Waals surface area contributed by atoms with Crippen molar-refractivity contribution in [1.82, 2.24) is 14.7 Å². The van der Waals surface area contributed by atoms with E-state index in [0.29, 0.717) is 5.56 Å². The maximum atomic E-state index is 15.0. The molecule has 5 aromatic rings. The average molecular weight is 464 g/mol. The van der Waals surface area contributed by atoms with Crippen molar-refractivity contribution in [1.29, 1.82) is 0 Å². The number of hydrogen-bond acceptors (Lipinski definition) is 2. The molecule has 3 aromatic carbocycles. The summed E-state index contributed by atoms with van der Waals surface area (Å²) in [6.45, 7) is 1.99. The molecule has 0 spiro atoms. The van der Waals surface area contributed by atoms with Crippen LogP contribution in [0.5, 0.6) is 0 Å². The van der Waals surface area contributed by atoms with Crippen molar-refractivity contribution in [2.45, 2.75) is 25.3 Å². The zero-order chi connectivity index (χ0) is 24.2. The van der Waals surface area contributed by atoms with Gasteiger partial charge in [-0.05, 0) is 41.3 Å². The van der Waals surface area contributed by atoms with E-state index < -0.39 is 5.92 Å². The highest BCUT2D eigenvalue weighted by Crippen LogP contribution is 2.32. The van der Waals surface area contributed by atoms with Gasteiger partial charge in [-0.3, -0.25) is 4.79 Å². The second kappa shape index (κ2) is 9.94. The number of benzene rings is 3. The molecule has 5 heteroatoms. The van der Waals surface area contributed by atoms with Gasteiger partial charge in [0.1, 0.15) is 11.5 Å². The molecule has 174 valence electrons. The van der Waals surface area contributed by atoms with Crippen LogP contribution in [0.15, 0.2) is 109 Å². The molecule has 5 rings (SSSR count). The smallest absolute Gasteiger partial charge is 0.221 e. The number of nitrogens with one attached hydrogen (secondary N) is 1. The lowest BCUT2D eigenvalue weighted by Crippen LogP contribution is -2.31. The van der Waals surface area contributed by atoms with Crippen molar-refractivity contribution in [3.05, 3.63) is 143 Å². The van der Waals surface area contributed by atoms with Gasteiger partial charge in [0.15, 0.2) is 0 Å². The van der Waals surface area contributed by atoms with Crippen LogP contribution in [0.25, 0.3) is 5.65 Å². The minimum atomic E-state index is -0.500. The van der Waals surface area contributed by atoms with Crippen LogP contribution >= 0.6 is 0 Å². The first-order valence-electron chi connectivity index (χ1n) is 11.7. The molecule has 0 saturated heterocycles. The molecule has 0 fully saturated rings. The Morgan fingerprint density at radius 1 is 0.886 bits per heavy atom. The number of rotatable bonds is 7. The van der Waals surface area contributed by atoms with Crippen molar-refractivity contribution in [3.8, 4) is 0 Å². The summed E-state index contributed by atoms with van der Waals surface area (Å²) in [6, 6.07) is 30.0. The Morgan fingerprint density at radius 2 is 1.51 bits per heavy atom. The number of aryl methyl sites for hydroxylation is 1. The lowest BCUT2D eigenvalue weighted by molar-refractivity contribution is -0.121. The number of halogens is 1. The van der Waals surface area contributed by atoms with Crippen LogP contribution in [0.3, 0.4) is 0 Å². The normalized spacial score (nSPS) is 12.1. The maximum absolute atomic E-state index is 15.0. The fourth-order valence-electron chi connectivity index (χ4n) is 4.62. The third-order valence-electron chi connectivity index (χ3n) is 6.36. The summed E-state index contributed by atoms with van der Waals surface area (Å²) < 4.78 is 16.9. The highest BCUT2D eigenvalue weighted by Gasteiger charge is 2.26. The molecule has 0 saturated carbocycles. The van der Waals surface area contributed by atoms with Crippen LogP contribution in [0.4, 0.5) is 4.39 Å². The zero-order valence-electron chi connectivity index (χ0n) is 19.4. The minimum absolute atomic E-state index is 0.0822. The van der Waals surface area contributed by atoms with Crippen molar-refractivity contribution >= 4 is 11.6 Å². The largest absolute Gasteiger partial charge is 0.345 e. The summed E-state index contributed by atoms with van der Waals surface area (Å²) in [7, 11) is 0. The van der Waals surface area contributed by atoms with Gasteiger partial charge in [0.05, 0.1) is 11.7 Å². The van der Waals surface area contributed by atoms with Crippen LogP contribution in [0.1, 0.15) is 46.3 Å². The van der Waals surface area contributed by atoms with Crippen LogP contribution < -0.4 is 5.32 Å². The number of hydrogen-bond donors (Lipinski definition) is 1. The quantitative estimate of drug-likeness (QED) is 0.312. The third kappa shape index (κ3) is 4.71. The van der Waals surface area contributed by atoms with Gasteiger partial charge in [-0.15, -0.1) is 0 Å². The predicted molar refractivity (Wildman–Crippen MR) is 136 cm³/mol. The van der Waals surface area contributed by atoms with Crippen LogP contribution in [-0.2, 0) is 4.79 Å². The van der Waals surface area contributed by atoms with Crippen molar-refractivity contribution in [2.24, 2.45) is 0 Å². The standard InChI is InChI=1S/C30H26FN3O/c1-21-11-10-18-34-27(20-32-30(21)34)25(24-16-8-9-17-26(24)31)19-28(35)33-29(22-12-4-2-5-13-22)23-14-6-3-7-15-23/h2-18,20,25,29H,19H2,1H3,(H,33,35). The van der Waals surface area contributed by atoms with Crippen molar-refractivity contribution in [2.75, 3.05) is 0 Å². The second-order valence-corrected chi connectivity index (χ2v) is 8.67. The van der Waals surface area contributed by atoms with Gasteiger partial charge in [0, 0.05) is 24.7 Å². The molecule has 0 aliphatic heterocycles. The molecule has 0 bridgehead atoms. The Kier molecular flexibility index (Phi) is 6.40. The van der Waals surface area contributed by atoms with Gasteiger partial charge >= 0.3 is 0 Å². The Labute approximate surface area is 204 Å². The number of nitrogens with zero attached hydrogens (tertiary/aromatic N) is 2. The van der Waals surface area contributed by atoms with E-state index in [1.165, 1.54) is 6.07 Å². The minimum Gasteiger partial charge on any atom is -0.345 e. The molecule has 2 aromatic heterocycles. The number of aromatic nitrogens is 2. The maximum Gasteiger partial charge on any atom is 0.221 e. The molecule has 1 amide bonds. The topological polar surface area (TPSA) is 46.4 Å². The van der Waals surface area contributed by atoms with Gasteiger partial charge in [-0.2, -0.15) is 0 Å². The molecule has 2 heterocycles. The first kappa shape index (κ1) is 22.5. The van der Waals surface area contributed by atoms with E-state index in [4.69, 9.17) is 0 Å². The molecular formula is C30H26FN3O. The number of amides is 1. The number of carbonyl (C=O) groups is 1. The van der Waals surface area contributed by atoms with E-state index in [2.05, 4.69) is 10.3 Å². The highest BCUT2D eigenvalue weighted by atomic mass is 19.1. The predicted octanol–water partition coefficient (Wildman–Crippen LogP) is 6.21. The first-order chi connectivity index (χ1) is 17.1. The number of fused-ring (bicyclic) bond motifs is 1. The van der Waals surface area contributed by atoms with Crippen LogP contribution in [-0.4, -0.2) is 15.3 Å². The summed E-state index contributed by atoms with van der Waals surface area (Å²) in [5.41, 5.74) is 5.04. The molecule has 0 radical (unpaired) electrons. The SMILES string of the molecule is Cc1cccn2c(C(CC(=O)NC(c3ccccc3)c3ccccc3)c3ccccc3F)cnc12. The summed E-state index contributed by atoms with van der Waals surface area (Å²) in [4.78, 5) is 18.1. The van der Waals surface area contributed by atoms with E-state index in [1.807, 2.05) is 90.3 Å². The van der Waals surface area contributed by atoms with Crippen molar-refractivity contribution in [3.63, 3.8) is 0 Å². The van der Waals surface area contributed by atoms with E-state index >= 15 is 0 Å². The third-order valence-corrected chi connectivity index (χ3v) is 6.36. The van der Waals surface area contributed by atoms with Gasteiger partial charge in [-0.25, -0.2) is 9.37 Å². The Hall–Kier alpha value is -4.25. The fourth-order valence-corrected chi connectivity index (χ4v) is 4.62. The molecule has 1 atom stereocenters. The van der Waals surface area contributed by atoms with Gasteiger partial charge < -0.3 is 9.72 Å². The molecule has 1 N–H and O–H groups in total. The van der Waals surface area contributed by atoms with Crippen LogP contribution in [0, 0.1) is 12.7 Å². The number of pyridine rings is 1. The molecule has 35 heavy (non-hydrogen) atoms. The van der Waals surface area contributed by atoms with E-state index in [0.717, 1.165) is 28.0 Å².